The van der Waals surface area contributed by atoms with Gasteiger partial charge in [-0.25, -0.2) is 4.68 Å². The molecule has 1 heterocycles. The Kier molecular flexibility index (Phi) is 4.66. The van der Waals surface area contributed by atoms with E-state index in [4.69, 9.17) is 5.73 Å². The van der Waals surface area contributed by atoms with Crippen LogP contribution < -0.4 is 10.6 Å². The highest BCUT2D eigenvalue weighted by Crippen LogP contribution is 2.34. The van der Waals surface area contributed by atoms with Crippen molar-refractivity contribution in [1.82, 2.24) is 9.78 Å². The van der Waals surface area contributed by atoms with Crippen molar-refractivity contribution in [3.05, 3.63) is 15.8 Å². The summed E-state index contributed by atoms with van der Waals surface area (Å²) in [6, 6.07) is 0. The van der Waals surface area contributed by atoms with E-state index >= 15 is 0 Å². The van der Waals surface area contributed by atoms with Gasteiger partial charge in [0.25, 0.3) is 0 Å². The molecule has 0 saturated carbocycles. The fraction of sp³-hybridized carbons (Fsp3) is 0.727. The number of aryl methyl sites for hydroxylation is 1. The predicted octanol–water partition coefficient (Wildman–Crippen LogP) is 1.24. The number of hydrogen-bond acceptors (Lipinski definition) is 5. The minimum atomic E-state index is -0.350. The smallest absolute Gasteiger partial charge is 0.334 e. The molecule has 0 aromatic carbocycles. The molecular weight excluding hydrogens is 234 g/mol. The molecule has 0 amide bonds. The Morgan fingerprint density at radius 2 is 2.17 bits per heavy atom. The fourth-order valence-corrected chi connectivity index (χ4v) is 2.01. The molecule has 0 spiro atoms. The maximum atomic E-state index is 11.3. The van der Waals surface area contributed by atoms with Gasteiger partial charge in [0.2, 0.25) is 5.82 Å². The highest BCUT2D eigenvalue weighted by Gasteiger charge is 2.30. The van der Waals surface area contributed by atoms with Gasteiger partial charge in [-0.3, -0.25) is 10.1 Å². The summed E-state index contributed by atoms with van der Waals surface area (Å²) >= 11 is 0. The summed E-state index contributed by atoms with van der Waals surface area (Å²) in [7, 11) is 1.73. The standard InChI is InChI=1S/C11H21N5O2/c1-5-15(7-6-12)11-10(16(17)18)9(8(2)3)13-14(11)4/h8H,5-7,12H2,1-4H3. The largest absolute Gasteiger partial charge is 0.350 e. The van der Waals surface area contributed by atoms with E-state index in [9.17, 15) is 10.1 Å². The summed E-state index contributed by atoms with van der Waals surface area (Å²) in [5, 5.41) is 15.6. The lowest BCUT2D eigenvalue weighted by Gasteiger charge is -2.20. The van der Waals surface area contributed by atoms with Gasteiger partial charge >= 0.3 is 5.69 Å². The molecule has 7 heteroatoms. The number of rotatable bonds is 6. The molecule has 0 fully saturated rings. The molecule has 18 heavy (non-hydrogen) atoms. The van der Waals surface area contributed by atoms with E-state index in [0.29, 0.717) is 31.1 Å². The lowest BCUT2D eigenvalue weighted by molar-refractivity contribution is -0.385. The molecule has 7 nitrogen and oxygen atoms in total. The number of aromatic nitrogens is 2. The van der Waals surface area contributed by atoms with E-state index in [0.717, 1.165) is 0 Å². The molecule has 1 aromatic rings. The van der Waals surface area contributed by atoms with E-state index in [1.54, 1.807) is 11.7 Å². The van der Waals surface area contributed by atoms with Crippen molar-refractivity contribution in [2.45, 2.75) is 26.7 Å². The summed E-state index contributed by atoms with van der Waals surface area (Å²) in [6.07, 6.45) is 0. The van der Waals surface area contributed by atoms with Crippen molar-refractivity contribution in [3.8, 4) is 0 Å². The van der Waals surface area contributed by atoms with Gasteiger partial charge in [-0.2, -0.15) is 5.10 Å². The van der Waals surface area contributed by atoms with E-state index in [2.05, 4.69) is 5.10 Å². The first-order valence-corrected chi connectivity index (χ1v) is 6.10. The summed E-state index contributed by atoms with van der Waals surface area (Å²) in [5.41, 5.74) is 6.17. The third-order valence-electron chi connectivity index (χ3n) is 2.83. The van der Waals surface area contributed by atoms with Gasteiger partial charge in [-0.15, -0.1) is 0 Å². The van der Waals surface area contributed by atoms with Crippen LogP contribution in [0.3, 0.4) is 0 Å². The van der Waals surface area contributed by atoms with Crippen molar-refractivity contribution in [2.75, 3.05) is 24.5 Å². The zero-order chi connectivity index (χ0) is 13.9. The molecule has 0 aliphatic carbocycles. The minimum absolute atomic E-state index is 0.0157. The van der Waals surface area contributed by atoms with Crippen molar-refractivity contribution in [1.29, 1.82) is 0 Å². The lowest BCUT2D eigenvalue weighted by Crippen LogP contribution is -2.31. The first-order valence-electron chi connectivity index (χ1n) is 6.10. The van der Waals surface area contributed by atoms with Crippen LogP contribution in [0.4, 0.5) is 11.5 Å². The summed E-state index contributed by atoms with van der Waals surface area (Å²) in [4.78, 5) is 12.8. The lowest BCUT2D eigenvalue weighted by atomic mass is 10.1. The van der Waals surface area contributed by atoms with Gasteiger partial charge in [0.1, 0.15) is 5.69 Å². The second kappa shape index (κ2) is 5.81. The first kappa shape index (κ1) is 14.4. The maximum absolute atomic E-state index is 11.3. The van der Waals surface area contributed by atoms with Gasteiger partial charge < -0.3 is 10.6 Å². The van der Waals surface area contributed by atoms with E-state index in [-0.39, 0.29) is 16.5 Å². The van der Waals surface area contributed by atoms with Crippen molar-refractivity contribution < 1.29 is 4.92 Å². The quantitative estimate of drug-likeness (QED) is 0.610. The zero-order valence-corrected chi connectivity index (χ0v) is 11.4. The zero-order valence-electron chi connectivity index (χ0n) is 11.4. The van der Waals surface area contributed by atoms with Gasteiger partial charge in [-0.05, 0) is 6.92 Å². The SMILES string of the molecule is CCN(CCN)c1c([N+](=O)[O-])c(C(C)C)nn1C. The normalized spacial score (nSPS) is 11.0. The van der Waals surface area contributed by atoms with Crippen LogP contribution in [0.1, 0.15) is 32.4 Å². The van der Waals surface area contributed by atoms with E-state index in [1.165, 1.54) is 0 Å². The number of anilines is 1. The van der Waals surface area contributed by atoms with E-state index < -0.39 is 0 Å². The first-order chi connectivity index (χ1) is 8.43. The van der Waals surface area contributed by atoms with Crippen LogP contribution in [0.15, 0.2) is 0 Å². The molecule has 0 unspecified atom stereocenters. The molecule has 0 bridgehead atoms. The predicted molar refractivity (Wildman–Crippen MR) is 70.9 cm³/mol. The second-order valence-corrected chi connectivity index (χ2v) is 4.46. The number of likely N-dealkylation sites (N-methyl/N-ethyl adjacent to an activating group) is 1. The average Bonchev–Trinajstić information content (AvgIpc) is 2.64. The Bertz CT molecular complexity index is 427. The number of nitro groups is 1. The highest BCUT2D eigenvalue weighted by atomic mass is 16.6. The molecule has 0 aliphatic rings. The molecular formula is C11H21N5O2. The Morgan fingerprint density at radius 1 is 1.56 bits per heavy atom. The summed E-state index contributed by atoms with van der Waals surface area (Å²) in [6.45, 7) is 7.44. The van der Waals surface area contributed by atoms with Crippen molar-refractivity contribution in [2.24, 2.45) is 12.8 Å². The number of hydrogen-bond donors (Lipinski definition) is 1. The van der Waals surface area contributed by atoms with Crippen LogP contribution in [0.2, 0.25) is 0 Å². The van der Waals surface area contributed by atoms with Crippen LogP contribution in [-0.2, 0) is 7.05 Å². The van der Waals surface area contributed by atoms with Crippen LogP contribution in [-0.4, -0.2) is 34.3 Å². The minimum Gasteiger partial charge on any atom is -0.350 e. The molecule has 0 atom stereocenters. The van der Waals surface area contributed by atoms with E-state index in [1.807, 2.05) is 25.7 Å². The second-order valence-electron chi connectivity index (χ2n) is 4.46. The van der Waals surface area contributed by atoms with Gasteiger partial charge in [0.05, 0.1) is 4.92 Å². The summed E-state index contributed by atoms with van der Waals surface area (Å²) in [5.74, 6) is 0.554. The van der Waals surface area contributed by atoms with Crippen LogP contribution in [0.25, 0.3) is 0 Å². The third-order valence-corrected chi connectivity index (χ3v) is 2.83. The highest BCUT2D eigenvalue weighted by molar-refractivity contribution is 5.62. The third kappa shape index (κ3) is 2.61. The average molecular weight is 255 g/mol. The molecule has 1 aromatic heterocycles. The Labute approximate surface area is 107 Å². The topological polar surface area (TPSA) is 90.2 Å². The molecule has 2 N–H and O–H groups in total. The van der Waals surface area contributed by atoms with Gasteiger partial charge in [0, 0.05) is 32.6 Å². The Morgan fingerprint density at radius 3 is 2.56 bits per heavy atom. The Balaban J connectivity index is 3.36. The van der Waals surface area contributed by atoms with Crippen molar-refractivity contribution >= 4 is 11.5 Å². The summed E-state index contributed by atoms with van der Waals surface area (Å²) < 4.78 is 1.58. The van der Waals surface area contributed by atoms with Gasteiger partial charge in [0.15, 0.2) is 0 Å². The maximum Gasteiger partial charge on any atom is 0.334 e. The van der Waals surface area contributed by atoms with Gasteiger partial charge in [-0.1, -0.05) is 13.8 Å². The number of nitrogens with zero attached hydrogens (tertiary/aromatic N) is 4. The molecule has 1 rings (SSSR count). The van der Waals surface area contributed by atoms with Crippen LogP contribution in [0, 0.1) is 10.1 Å². The Hall–Kier alpha value is -1.63. The molecule has 102 valence electrons. The van der Waals surface area contributed by atoms with Crippen molar-refractivity contribution in [3.63, 3.8) is 0 Å². The monoisotopic (exact) mass is 255 g/mol. The fourth-order valence-electron chi connectivity index (χ4n) is 2.01. The van der Waals surface area contributed by atoms with Crippen LogP contribution in [0.5, 0.6) is 0 Å². The molecule has 0 aliphatic heterocycles. The molecule has 0 saturated heterocycles. The van der Waals surface area contributed by atoms with Crippen LogP contribution >= 0.6 is 0 Å². The molecule has 0 radical (unpaired) electrons. The number of nitrogens with two attached hydrogens (primary N) is 1.